The van der Waals surface area contributed by atoms with E-state index in [2.05, 4.69) is 80.0 Å². The average Bonchev–Trinajstić information content (AvgIpc) is 3.30. The molecule has 0 unspecified atom stereocenters. The first kappa shape index (κ1) is 21.4. The van der Waals surface area contributed by atoms with Crippen molar-refractivity contribution in [2.45, 2.75) is 0 Å². The predicted octanol–water partition coefficient (Wildman–Crippen LogP) is 4.74. The number of imidazole rings is 1. The van der Waals surface area contributed by atoms with Gasteiger partial charge in [0.25, 0.3) is 0 Å². The highest BCUT2D eigenvalue weighted by Crippen LogP contribution is 2.20. The van der Waals surface area contributed by atoms with E-state index in [0.717, 1.165) is 61.7 Å². The van der Waals surface area contributed by atoms with Crippen LogP contribution in [0.4, 0.5) is 0 Å². The van der Waals surface area contributed by atoms with E-state index >= 15 is 0 Å². The van der Waals surface area contributed by atoms with Crippen LogP contribution < -0.4 is 4.74 Å². The monoisotopic (exact) mass is 438 g/mol. The van der Waals surface area contributed by atoms with Gasteiger partial charge in [0, 0.05) is 45.0 Å². The highest BCUT2D eigenvalue weighted by molar-refractivity contribution is 5.77. The molecule has 0 radical (unpaired) electrons. The summed E-state index contributed by atoms with van der Waals surface area (Å²) in [7, 11) is 0. The summed E-state index contributed by atoms with van der Waals surface area (Å²) in [5.74, 6) is 0.910. The minimum atomic E-state index is 0.710. The Bertz CT molecular complexity index is 1180. The predicted molar refractivity (Wildman–Crippen MR) is 135 cm³/mol. The lowest BCUT2D eigenvalue weighted by molar-refractivity contribution is 0.125. The van der Waals surface area contributed by atoms with Crippen LogP contribution in [0, 0.1) is 0 Å². The smallest absolute Gasteiger partial charge is 0.119 e. The quantitative estimate of drug-likeness (QED) is 0.398. The molecule has 1 aliphatic heterocycles. The number of para-hydroxylation sites is 2. The molecule has 1 aliphatic rings. The van der Waals surface area contributed by atoms with E-state index in [0.29, 0.717) is 6.61 Å². The van der Waals surface area contributed by atoms with Crippen LogP contribution in [0.25, 0.3) is 22.8 Å². The Morgan fingerprint density at radius 2 is 1.52 bits per heavy atom. The van der Waals surface area contributed by atoms with E-state index in [1.807, 2.05) is 36.7 Å². The van der Waals surface area contributed by atoms with E-state index in [9.17, 15) is 0 Å². The van der Waals surface area contributed by atoms with Gasteiger partial charge >= 0.3 is 0 Å². The largest absolute Gasteiger partial charge is 0.492 e. The summed E-state index contributed by atoms with van der Waals surface area (Å²) >= 11 is 0. The second-order valence-corrected chi connectivity index (χ2v) is 8.40. The van der Waals surface area contributed by atoms with Gasteiger partial charge in [-0.15, -0.1) is 0 Å². The normalized spacial score (nSPS) is 15.4. The maximum atomic E-state index is 6.02. The molecule has 168 valence electrons. The van der Waals surface area contributed by atoms with Crippen LogP contribution in [-0.4, -0.2) is 65.2 Å². The molecule has 0 aliphatic carbocycles. The lowest BCUT2D eigenvalue weighted by Crippen LogP contribution is -2.47. The van der Waals surface area contributed by atoms with E-state index < -0.39 is 0 Å². The number of aromatic nitrogens is 2. The first-order valence-corrected chi connectivity index (χ1v) is 11.7. The molecule has 5 heteroatoms. The van der Waals surface area contributed by atoms with Crippen molar-refractivity contribution >= 4 is 17.1 Å². The molecule has 5 nitrogen and oxygen atoms in total. The van der Waals surface area contributed by atoms with E-state index in [-0.39, 0.29) is 0 Å². The number of ether oxygens (including phenoxy) is 1. The molecule has 4 aromatic rings. The molecule has 33 heavy (non-hydrogen) atoms. The molecule has 1 saturated heterocycles. The van der Waals surface area contributed by atoms with Crippen molar-refractivity contribution in [2.24, 2.45) is 0 Å². The molecule has 3 aromatic carbocycles. The molecule has 0 amide bonds. The lowest BCUT2D eigenvalue weighted by Gasteiger charge is -2.34. The number of hydrogen-bond acceptors (Lipinski definition) is 4. The third kappa shape index (κ3) is 5.51. The Morgan fingerprint density at radius 3 is 2.33 bits per heavy atom. The number of piperazine rings is 1. The molecule has 1 aromatic heterocycles. The second kappa shape index (κ2) is 10.5. The molecule has 1 fully saturated rings. The number of rotatable bonds is 8. The third-order valence-electron chi connectivity index (χ3n) is 6.18. The topological polar surface area (TPSA) is 33.5 Å². The van der Waals surface area contributed by atoms with Crippen molar-refractivity contribution in [3.63, 3.8) is 0 Å². The summed E-state index contributed by atoms with van der Waals surface area (Å²) in [6.07, 6.45) is 6.35. The Hall–Kier alpha value is -3.41. The zero-order chi connectivity index (χ0) is 22.3. The molecular weight excluding hydrogens is 408 g/mol. The van der Waals surface area contributed by atoms with Gasteiger partial charge in [-0.3, -0.25) is 14.4 Å². The number of hydrogen-bond donors (Lipinski definition) is 0. The maximum Gasteiger partial charge on any atom is 0.119 e. The van der Waals surface area contributed by atoms with Gasteiger partial charge in [0.1, 0.15) is 18.7 Å². The van der Waals surface area contributed by atoms with Crippen LogP contribution >= 0.6 is 0 Å². The summed E-state index contributed by atoms with van der Waals surface area (Å²) in [6, 6.07) is 26.9. The Balaban J connectivity index is 1.04. The Morgan fingerprint density at radius 1 is 0.788 bits per heavy atom. The maximum absolute atomic E-state index is 6.02. The van der Waals surface area contributed by atoms with Gasteiger partial charge in [-0.2, -0.15) is 0 Å². The molecule has 0 bridgehead atoms. The van der Waals surface area contributed by atoms with Crippen LogP contribution in [0.3, 0.4) is 0 Å². The fourth-order valence-corrected chi connectivity index (χ4v) is 4.26. The minimum Gasteiger partial charge on any atom is -0.492 e. The van der Waals surface area contributed by atoms with Crippen molar-refractivity contribution in [2.75, 3.05) is 45.9 Å². The van der Waals surface area contributed by atoms with Crippen molar-refractivity contribution in [3.05, 3.63) is 96.8 Å². The fourth-order valence-electron chi connectivity index (χ4n) is 4.26. The average molecular weight is 439 g/mol. The summed E-state index contributed by atoms with van der Waals surface area (Å²) in [5.41, 5.74) is 4.47. The lowest BCUT2D eigenvalue weighted by atomic mass is 10.2. The Kier molecular flexibility index (Phi) is 6.80. The van der Waals surface area contributed by atoms with Crippen molar-refractivity contribution < 1.29 is 4.74 Å². The molecule has 2 heterocycles. The zero-order valence-corrected chi connectivity index (χ0v) is 18.9. The summed E-state index contributed by atoms with van der Waals surface area (Å²) in [6.45, 7) is 7.07. The molecular formula is C28H30N4O. The summed E-state index contributed by atoms with van der Waals surface area (Å²) in [4.78, 5) is 9.47. The van der Waals surface area contributed by atoms with Gasteiger partial charge in [0.05, 0.1) is 11.0 Å². The zero-order valence-electron chi connectivity index (χ0n) is 18.9. The van der Waals surface area contributed by atoms with Crippen LogP contribution in [0.5, 0.6) is 5.75 Å². The van der Waals surface area contributed by atoms with Gasteiger partial charge in [0.2, 0.25) is 0 Å². The van der Waals surface area contributed by atoms with Crippen LogP contribution in [0.1, 0.15) is 5.56 Å². The standard InChI is InChI=1S/C28H30N4O/c1-2-7-24(8-3-1)9-6-16-30-17-19-31(20-18-30)21-22-33-26-14-12-25(13-15-26)32-23-29-27-10-4-5-11-28(27)32/h1-15,23H,16-22H2. The Labute approximate surface area is 195 Å². The molecule has 0 N–H and O–H groups in total. The fraction of sp³-hybridized carbons (Fsp3) is 0.250. The van der Waals surface area contributed by atoms with Crippen molar-refractivity contribution in [1.82, 2.24) is 19.4 Å². The number of nitrogens with zero attached hydrogens (tertiary/aromatic N) is 4. The van der Waals surface area contributed by atoms with Gasteiger partial charge in [-0.25, -0.2) is 4.98 Å². The SMILES string of the molecule is C(=Cc1ccccc1)CN1CCN(CCOc2ccc(-n3cnc4ccccc43)cc2)CC1. The van der Waals surface area contributed by atoms with Crippen molar-refractivity contribution in [1.29, 1.82) is 0 Å². The van der Waals surface area contributed by atoms with Crippen molar-refractivity contribution in [3.8, 4) is 11.4 Å². The third-order valence-corrected chi connectivity index (χ3v) is 6.18. The molecule has 0 spiro atoms. The highest BCUT2D eigenvalue weighted by Gasteiger charge is 2.15. The van der Waals surface area contributed by atoms with E-state index in [1.165, 1.54) is 5.56 Å². The van der Waals surface area contributed by atoms with E-state index in [1.54, 1.807) is 0 Å². The minimum absolute atomic E-state index is 0.710. The van der Waals surface area contributed by atoms with E-state index in [4.69, 9.17) is 4.74 Å². The molecule has 0 atom stereocenters. The highest BCUT2D eigenvalue weighted by atomic mass is 16.5. The number of benzene rings is 3. The first-order chi connectivity index (χ1) is 16.3. The number of fused-ring (bicyclic) bond motifs is 1. The molecule has 0 saturated carbocycles. The van der Waals surface area contributed by atoms with Crippen LogP contribution in [0.15, 0.2) is 91.3 Å². The van der Waals surface area contributed by atoms with Gasteiger partial charge in [-0.1, -0.05) is 54.6 Å². The molecule has 5 rings (SSSR count). The van der Waals surface area contributed by atoms with Gasteiger partial charge in [-0.05, 0) is 42.0 Å². The first-order valence-electron chi connectivity index (χ1n) is 11.7. The van der Waals surface area contributed by atoms with Gasteiger partial charge < -0.3 is 4.74 Å². The second-order valence-electron chi connectivity index (χ2n) is 8.40. The summed E-state index contributed by atoms with van der Waals surface area (Å²) in [5, 5.41) is 0. The van der Waals surface area contributed by atoms with Crippen LogP contribution in [-0.2, 0) is 0 Å². The summed E-state index contributed by atoms with van der Waals surface area (Å²) < 4.78 is 8.12. The van der Waals surface area contributed by atoms with Crippen LogP contribution in [0.2, 0.25) is 0 Å². The van der Waals surface area contributed by atoms with Gasteiger partial charge in [0.15, 0.2) is 0 Å².